The lowest BCUT2D eigenvalue weighted by molar-refractivity contribution is 0.408. The van der Waals surface area contributed by atoms with Crippen LogP contribution < -0.4 is 4.90 Å². The van der Waals surface area contributed by atoms with Gasteiger partial charge in [0.1, 0.15) is 0 Å². The van der Waals surface area contributed by atoms with E-state index in [1.54, 1.807) is 0 Å². The summed E-state index contributed by atoms with van der Waals surface area (Å²) in [6, 6.07) is 20.0. The van der Waals surface area contributed by atoms with Crippen LogP contribution in [0.2, 0.25) is 0 Å². The van der Waals surface area contributed by atoms with Gasteiger partial charge in [-0.05, 0) is 37.7 Å². The first-order valence-corrected chi connectivity index (χ1v) is 8.22. The average molecular weight is 294 g/mol. The molecule has 0 N–H and O–H groups in total. The molecule has 1 unspecified atom stereocenters. The van der Waals surface area contributed by atoms with Gasteiger partial charge in [-0.3, -0.25) is 0 Å². The lowest BCUT2D eigenvalue weighted by Crippen LogP contribution is -2.37. The van der Waals surface area contributed by atoms with E-state index in [1.807, 2.05) is 0 Å². The van der Waals surface area contributed by atoms with E-state index in [-0.39, 0.29) is 5.41 Å². The molecular formula is C20H26N2. The number of benzene rings is 2. The molecule has 0 bridgehead atoms. The first-order valence-electron chi connectivity index (χ1n) is 8.22. The molecule has 1 aliphatic rings. The molecule has 1 aliphatic heterocycles. The van der Waals surface area contributed by atoms with Crippen LogP contribution in [0.25, 0.3) is 0 Å². The molecule has 1 heterocycles. The summed E-state index contributed by atoms with van der Waals surface area (Å²) in [4.78, 5) is 4.82. The summed E-state index contributed by atoms with van der Waals surface area (Å²) in [5, 5.41) is 0. The van der Waals surface area contributed by atoms with E-state index in [1.165, 1.54) is 16.8 Å². The molecule has 116 valence electrons. The van der Waals surface area contributed by atoms with Crippen LogP contribution in [0.5, 0.6) is 0 Å². The van der Waals surface area contributed by atoms with E-state index < -0.39 is 0 Å². The minimum Gasteiger partial charge on any atom is -0.369 e. The molecule has 0 radical (unpaired) electrons. The Labute approximate surface area is 134 Å². The summed E-state index contributed by atoms with van der Waals surface area (Å²) in [7, 11) is 4.29. The molecule has 2 aromatic carbocycles. The predicted octanol–water partition coefficient (Wildman–Crippen LogP) is 3.76. The maximum atomic E-state index is 2.56. The number of para-hydroxylation sites is 1. The first-order chi connectivity index (χ1) is 10.7. The van der Waals surface area contributed by atoms with Crippen LogP contribution >= 0.6 is 0 Å². The molecule has 0 fully saturated rings. The molecule has 2 aromatic rings. The van der Waals surface area contributed by atoms with Gasteiger partial charge in [-0.2, -0.15) is 0 Å². The Morgan fingerprint density at radius 2 is 1.68 bits per heavy atom. The summed E-state index contributed by atoms with van der Waals surface area (Å²) in [6.07, 6.45) is 1.13. The van der Waals surface area contributed by atoms with Gasteiger partial charge >= 0.3 is 0 Å². The summed E-state index contributed by atoms with van der Waals surface area (Å²) < 4.78 is 0. The molecule has 0 aliphatic carbocycles. The van der Waals surface area contributed by atoms with Crippen molar-refractivity contribution in [3.63, 3.8) is 0 Å². The lowest BCUT2D eigenvalue weighted by Gasteiger charge is -2.30. The highest BCUT2D eigenvalue weighted by molar-refractivity contribution is 5.66. The number of fused-ring (bicyclic) bond motifs is 1. The van der Waals surface area contributed by atoms with Gasteiger partial charge in [0.2, 0.25) is 0 Å². The molecule has 2 nitrogen and oxygen atoms in total. The lowest BCUT2D eigenvalue weighted by atomic mass is 9.74. The van der Waals surface area contributed by atoms with Gasteiger partial charge in [0.05, 0.1) is 0 Å². The van der Waals surface area contributed by atoms with Crippen LogP contribution in [-0.4, -0.2) is 38.6 Å². The largest absolute Gasteiger partial charge is 0.369 e. The van der Waals surface area contributed by atoms with E-state index in [9.17, 15) is 0 Å². The molecule has 0 spiro atoms. The molecule has 0 amide bonds. The van der Waals surface area contributed by atoms with E-state index in [2.05, 4.69) is 85.4 Å². The van der Waals surface area contributed by atoms with Gasteiger partial charge in [0.25, 0.3) is 0 Å². The second-order valence-electron chi connectivity index (χ2n) is 6.54. The molecule has 2 heteroatoms. The number of likely N-dealkylation sites (N-methyl/N-ethyl adjacent to an activating group) is 1. The van der Waals surface area contributed by atoms with Crippen molar-refractivity contribution in [1.82, 2.24) is 4.90 Å². The molecule has 0 saturated heterocycles. The van der Waals surface area contributed by atoms with Crippen molar-refractivity contribution in [2.75, 3.05) is 38.6 Å². The summed E-state index contributed by atoms with van der Waals surface area (Å²) in [5.74, 6) is 0. The van der Waals surface area contributed by atoms with Gasteiger partial charge < -0.3 is 9.80 Å². The third-order valence-corrected chi connectivity index (χ3v) is 4.97. The maximum absolute atomic E-state index is 2.56. The summed E-state index contributed by atoms with van der Waals surface area (Å²) in [5.41, 5.74) is 4.47. The first kappa shape index (κ1) is 15.1. The van der Waals surface area contributed by atoms with Crippen molar-refractivity contribution in [2.45, 2.75) is 18.8 Å². The van der Waals surface area contributed by atoms with Crippen molar-refractivity contribution in [1.29, 1.82) is 0 Å². The number of hydrogen-bond acceptors (Lipinski definition) is 2. The van der Waals surface area contributed by atoms with Crippen LogP contribution in [0.1, 0.15) is 24.5 Å². The van der Waals surface area contributed by atoms with Crippen molar-refractivity contribution >= 4 is 5.69 Å². The third-order valence-electron chi connectivity index (χ3n) is 4.97. The van der Waals surface area contributed by atoms with Crippen LogP contribution in [0.4, 0.5) is 5.69 Å². The smallest absolute Gasteiger partial charge is 0.0409 e. The Morgan fingerprint density at radius 3 is 2.36 bits per heavy atom. The SMILES string of the molecule is CCC1(c2ccccc2)CN(CCN(C)C)c2ccccc21. The Morgan fingerprint density at radius 1 is 1.00 bits per heavy atom. The average Bonchev–Trinajstić information content (AvgIpc) is 2.89. The van der Waals surface area contributed by atoms with Crippen molar-refractivity contribution in [3.05, 3.63) is 65.7 Å². The fraction of sp³-hybridized carbons (Fsp3) is 0.400. The van der Waals surface area contributed by atoms with Gasteiger partial charge in [0, 0.05) is 30.7 Å². The minimum absolute atomic E-state index is 0.129. The van der Waals surface area contributed by atoms with E-state index in [0.29, 0.717) is 0 Å². The van der Waals surface area contributed by atoms with E-state index in [4.69, 9.17) is 0 Å². The molecule has 22 heavy (non-hydrogen) atoms. The van der Waals surface area contributed by atoms with Crippen LogP contribution in [-0.2, 0) is 5.41 Å². The number of hydrogen-bond donors (Lipinski definition) is 0. The highest BCUT2D eigenvalue weighted by atomic mass is 15.2. The van der Waals surface area contributed by atoms with Gasteiger partial charge in [-0.25, -0.2) is 0 Å². The third kappa shape index (κ3) is 2.52. The zero-order valence-electron chi connectivity index (χ0n) is 13.9. The molecular weight excluding hydrogens is 268 g/mol. The van der Waals surface area contributed by atoms with Crippen LogP contribution in [0, 0.1) is 0 Å². The van der Waals surface area contributed by atoms with Crippen LogP contribution in [0.3, 0.4) is 0 Å². The standard InChI is InChI=1S/C20H26N2/c1-4-20(17-10-6-5-7-11-17)16-22(15-14-21(2)3)19-13-9-8-12-18(19)20/h5-13H,4,14-16H2,1-3H3. The zero-order valence-corrected chi connectivity index (χ0v) is 13.9. The molecule has 3 rings (SSSR count). The number of rotatable bonds is 5. The van der Waals surface area contributed by atoms with Crippen molar-refractivity contribution in [2.24, 2.45) is 0 Å². The molecule has 1 atom stereocenters. The fourth-order valence-electron chi connectivity index (χ4n) is 3.68. The van der Waals surface area contributed by atoms with E-state index >= 15 is 0 Å². The van der Waals surface area contributed by atoms with E-state index in [0.717, 1.165) is 26.1 Å². The quantitative estimate of drug-likeness (QED) is 0.828. The van der Waals surface area contributed by atoms with Crippen LogP contribution in [0.15, 0.2) is 54.6 Å². The Balaban J connectivity index is 2.02. The number of nitrogens with zero attached hydrogens (tertiary/aromatic N) is 2. The highest BCUT2D eigenvalue weighted by Crippen LogP contribution is 2.46. The normalized spacial score (nSPS) is 20.5. The summed E-state index contributed by atoms with van der Waals surface area (Å²) in [6.45, 7) is 5.57. The Hall–Kier alpha value is -1.80. The van der Waals surface area contributed by atoms with Crippen molar-refractivity contribution < 1.29 is 0 Å². The Kier molecular flexibility index (Phi) is 4.21. The predicted molar refractivity (Wildman–Crippen MR) is 94.7 cm³/mol. The minimum atomic E-state index is 0.129. The topological polar surface area (TPSA) is 6.48 Å². The van der Waals surface area contributed by atoms with Crippen molar-refractivity contribution in [3.8, 4) is 0 Å². The summed E-state index contributed by atoms with van der Waals surface area (Å²) >= 11 is 0. The van der Waals surface area contributed by atoms with Gasteiger partial charge in [-0.1, -0.05) is 55.5 Å². The second-order valence-corrected chi connectivity index (χ2v) is 6.54. The zero-order chi connectivity index (χ0) is 15.6. The van der Waals surface area contributed by atoms with Gasteiger partial charge in [-0.15, -0.1) is 0 Å². The maximum Gasteiger partial charge on any atom is 0.0409 e. The van der Waals surface area contributed by atoms with Gasteiger partial charge in [0.15, 0.2) is 0 Å². The second kappa shape index (κ2) is 6.13. The highest BCUT2D eigenvalue weighted by Gasteiger charge is 2.42. The molecule has 0 aromatic heterocycles. The molecule has 0 saturated carbocycles. The fourth-order valence-corrected chi connectivity index (χ4v) is 3.68. The monoisotopic (exact) mass is 294 g/mol. The Bertz CT molecular complexity index is 621. The number of anilines is 1.